The molecule has 1 N–H and O–H groups in total. The molecule has 6 nitrogen and oxygen atoms in total. The minimum atomic E-state index is -0.216. The van der Waals surface area contributed by atoms with Crippen LogP contribution in [0.1, 0.15) is 10.4 Å². The summed E-state index contributed by atoms with van der Waals surface area (Å²) in [6.07, 6.45) is 3.14. The van der Waals surface area contributed by atoms with Crippen molar-refractivity contribution in [1.29, 1.82) is 0 Å². The van der Waals surface area contributed by atoms with Gasteiger partial charge in [-0.25, -0.2) is 0 Å². The van der Waals surface area contributed by atoms with Crippen LogP contribution in [0.4, 0.5) is 5.69 Å². The fourth-order valence-electron chi connectivity index (χ4n) is 2.49. The molecule has 2 aromatic heterocycles. The standard InChI is InChI=1S/C20H13BrN4O2/c21-17-6-2-1-5-16(17)20-24-18(25-27-20)13-7-9-15(10-8-13)23-19(26)14-4-3-11-22-12-14/h1-12H,(H,23,26). The number of amides is 1. The number of anilines is 1. The van der Waals surface area contributed by atoms with E-state index in [1.165, 1.54) is 6.20 Å². The highest BCUT2D eigenvalue weighted by Gasteiger charge is 2.13. The maximum atomic E-state index is 12.2. The Kier molecular flexibility index (Phi) is 4.76. The molecule has 1 amide bonds. The molecule has 0 aliphatic rings. The van der Waals surface area contributed by atoms with Gasteiger partial charge in [0.05, 0.1) is 11.1 Å². The Bertz CT molecular complexity index is 1080. The van der Waals surface area contributed by atoms with Crippen LogP contribution < -0.4 is 5.32 Å². The molecular formula is C20H13BrN4O2. The Balaban J connectivity index is 1.51. The van der Waals surface area contributed by atoms with E-state index in [-0.39, 0.29) is 5.91 Å². The number of carbonyl (C=O) groups excluding carboxylic acids is 1. The number of halogens is 1. The van der Waals surface area contributed by atoms with Crippen LogP contribution >= 0.6 is 15.9 Å². The summed E-state index contributed by atoms with van der Waals surface area (Å²) >= 11 is 3.48. The van der Waals surface area contributed by atoms with E-state index in [9.17, 15) is 4.79 Å². The molecule has 27 heavy (non-hydrogen) atoms. The van der Waals surface area contributed by atoms with Gasteiger partial charge in [-0.1, -0.05) is 17.3 Å². The summed E-state index contributed by atoms with van der Waals surface area (Å²) in [4.78, 5) is 20.6. The maximum absolute atomic E-state index is 12.2. The molecule has 0 atom stereocenters. The largest absolute Gasteiger partial charge is 0.334 e. The van der Waals surface area contributed by atoms with E-state index in [0.29, 0.717) is 23.0 Å². The van der Waals surface area contributed by atoms with E-state index in [1.54, 1.807) is 30.5 Å². The summed E-state index contributed by atoms with van der Waals surface area (Å²) in [6, 6.07) is 18.3. The van der Waals surface area contributed by atoms with Crippen LogP contribution in [0.15, 0.2) is 82.1 Å². The first-order valence-corrected chi connectivity index (χ1v) is 8.90. The summed E-state index contributed by atoms with van der Waals surface area (Å²) in [7, 11) is 0. The van der Waals surface area contributed by atoms with E-state index in [2.05, 4.69) is 36.4 Å². The van der Waals surface area contributed by atoms with Crippen molar-refractivity contribution < 1.29 is 9.32 Å². The molecule has 0 unspecified atom stereocenters. The van der Waals surface area contributed by atoms with Gasteiger partial charge in [-0.05, 0) is 64.5 Å². The van der Waals surface area contributed by atoms with Gasteiger partial charge < -0.3 is 9.84 Å². The highest BCUT2D eigenvalue weighted by Crippen LogP contribution is 2.28. The predicted molar refractivity (Wildman–Crippen MR) is 105 cm³/mol. The maximum Gasteiger partial charge on any atom is 0.259 e. The average Bonchev–Trinajstić information content (AvgIpc) is 3.19. The van der Waals surface area contributed by atoms with Gasteiger partial charge in [-0.2, -0.15) is 4.98 Å². The average molecular weight is 421 g/mol. The molecule has 0 radical (unpaired) electrons. The molecule has 2 aromatic carbocycles. The third kappa shape index (κ3) is 3.78. The molecule has 0 bridgehead atoms. The minimum absolute atomic E-state index is 0.216. The van der Waals surface area contributed by atoms with Gasteiger partial charge >= 0.3 is 0 Å². The smallest absolute Gasteiger partial charge is 0.259 e. The number of hydrogen-bond acceptors (Lipinski definition) is 5. The lowest BCUT2D eigenvalue weighted by Gasteiger charge is -2.05. The Morgan fingerprint density at radius 1 is 1.00 bits per heavy atom. The van der Waals surface area contributed by atoms with Crippen LogP contribution in [0.3, 0.4) is 0 Å². The summed E-state index contributed by atoms with van der Waals surface area (Å²) in [5.74, 6) is 0.698. The van der Waals surface area contributed by atoms with Crippen molar-refractivity contribution in [3.63, 3.8) is 0 Å². The van der Waals surface area contributed by atoms with Gasteiger partial charge in [0.15, 0.2) is 0 Å². The quantitative estimate of drug-likeness (QED) is 0.511. The predicted octanol–water partition coefficient (Wildman–Crippen LogP) is 4.81. The van der Waals surface area contributed by atoms with Crippen LogP contribution in [0.5, 0.6) is 0 Å². The van der Waals surface area contributed by atoms with E-state index in [1.807, 2.05) is 36.4 Å². The van der Waals surface area contributed by atoms with Gasteiger partial charge in [0.2, 0.25) is 5.82 Å². The SMILES string of the molecule is O=C(Nc1ccc(-c2noc(-c3ccccc3Br)n2)cc1)c1cccnc1. The lowest BCUT2D eigenvalue weighted by Crippen LogP contribution is -2.11. The zero-order chi connectivity index (χ0) is 18.6. The van der Waals surface area contributed by atoms with Gasteiger partial charge in [0.1, 0.15) is 0 Å². The highest BCUT2D eigenvalue weighted by atomic mass is 79.9. The molecule has 132 valence electrons. The number of aromatic nitrogens is 3. The molecule has 4 rings (SSSR count). The highest BCUT2D eigenvalue weighted by molar-refractivity contribution is 9.10. The summed E-state index contributed by atoms with van der Waals surface area (Å²) in [5, 5.41) is 6.87. The molecule has 0 aliphatic heterocycles. The van der Waals surface area contributed by atoms with Crippen molar-refractivity contribution in [2.45, 2.75) is 0 Å². The van der Waals surface area contributed by atoms with Crippen molar-refractivity contribution in [3.8, 4) is 22.8 Å². The zero-order valence-electron chi connectivity index (χ0n) is 14.0. The lowest BCUT2D eigenvalue weighted by molar-refractivity contribution is 0.102. The minimum Gasteiger partial charge on any atom is -0.334 e. The molecule has 2 heterocycles. The third-order valence-electron chi connectivity index (χ3n) is 3.85. The Labute approximate surface area is 163 Å². The van der Waals surface area contributed by atoms with Gasteiger partial charge in [-0.3, -0.25) is 9.78 Å². The van der Waals surface area contributed by atoms with Crippen LogP contribution in [0.2, 0.25) is 0 Å². The van der Waals surface area contributed by atoms with Gasteiger partial charge in [0.25, 0.3) is 11.8 Å². The fraction of sp³-hybridized carbons (Fsp3) is 0. The number of pyridine rings is 1. The van der Waals surface area contributed by atoms with Gasteiger partial charge in [-0.15, -0.1) is 0 Å². The summed E-state index contributed by atoms with van der Waals surface area (Å²) in [6.45, 7) is 0. The first-order valence-electron chi connectivity index (χ1n) is 8.11. The first-order chi connectivity index (χ1) is 13.2. The van der Waals surface area contributed by atoms with Crippen molar-refractivity contribution in [2.75, 3.05) is 5.32 Å². The fourth-order valence-corrected chi connectivity index (χ4v) is 2.94. The second-order valence-electron chi connectivity index (χ2n) is 5.68. The van der Waals surface area contributed by atoms with E-state index in [0.717, 1.165) is 15.6 Å². The zero-order valence-corrected chi connectivity index (χ0v) is 15.6. The van der Waals surface area contributed by atoms with Crippen LogP contribution in [0.25, 0.3) is 22.8 Å². The number of benzene rings is 2. The van der Waals surface area contributed by atoms with Crippen LogP contribution in [-0.4, -0.2) is 21.0 Å². The van der Waals surface area contributed by atoms with Crippen molar-refractivity contribution >= 4 is 27.5 Å². The molecule has 0 saturated carbocycles. The summed E-state index contributed by atoms with van der Waals surface area (Å²) < 4.78 is 6.25. The molecule has 0 fully saturated rings. The van der Waals surface area contributed by atoms with E-state index < -0.39 is 0 Å². The molecular weight excluding hydrogens is 408 g/mol. The number of hydrogen-bond donors (Lipinski definition) is 1. The van der Waals surface area contributed by atoms with E-state index >= 15 is 0 Å². The molecule has 4 aromatic rings. The lowest BCUT2D eigenvalue weighted by atomic mass is 10.2. The third-order valence-corrected chi connectivity index (χ3v) is 4.55. The number of carbonyl (C=O) groups is 1. The topological polar surface area (TPSA) is 80.9 Å². The first kappa shape index (κ1) is 17.1. The van der Waals surface area contributed by atoms with Crippen molar-refractivity contribution in [1.82, 2.24) is 15.1 Å². The molecule has 0 spiro atoms. The van der Waals surface area contributed by atoms with Crippen molar-refractivity contribution in [3.05, 3.63) is 83.1 Å². The van der Waals surface area contributed by atoms with Gasteiger partial charge in [0, 0.05) is 28.1 Å². The Morgan fingerprint density at radius 3 is 2.56 bits per heavy atom. The number of nitrogens with zero attached hydrogens (tertiary/aromatic N) is 3. The monoisotopic (exact) mass is 420 g/mol. The van der Waals surface area contributed by atoms with Crippen LogP contribution in [0, 0.1) is 0 Å². The summed E-state index contributed by atoms with van der Waals surface area (Å²) in [5.41, 5.74) is 2.79. The normalized spacial score (nSPS) is 10.6. The Hall–Kier alpha value is -3.32. The molecule has 0 saturated heterocycles. The van der Waals surface area contributed by atoms with Crippen molar-refractivity contribution in [2.24, 2.45) is 0 Å². The second kappa shape index (κ2) is 7.51. The van der Waals surface area contributed by atoms with E-state index in [4.69, 9.17) is 4.52 Å². The number of nitrogens with one attached hydrogen (secondary N) is 1. The molecule has 7 heteroatoms. The number of rotatable bonds is 4. The Morgan fingerprint density at radius 2 is 1.81 bits per heavy atom. The second-order valence-corrected chi connectivity index (χ2v) is 6.53. The van der Waals surface area contributed by atoms with Crippen LogP contribution in [-0.2, 0) is 0 Å². The molecule has 0 aliphatic carbocycles.